The molecule has 0 amide bonds. The number of piperidine rings is 1. The molecule has 2 aliphatic rings. The molecule has 1 aromatic heterocycles. The zero-order chi connectivity index (χ0) is 24.9. The van der Waals surface area contributed by atoms with E-state index in [9.17, 15) is 14.7 Å². The highest BCUT2D eigenvalue weighted by Gasteiger charge is 2.46. The van der Waals surface area contributed by atoms with Crippen LogP contribution in [-0.2, 0) is 9.53 Å². The van der Waals surface area contributed by atoms with Crippen LogP contribution in [0, 0.1) is 11.2 Å². The first-order valence-electron chi connectivity index (χ1n) is 11.9. The average molecular weight is 500 g/mol. The molecule has 9 heteroatoms. The number of hydrogen-bond donors (Lipinski definition) is 1. The van der Waals surface area contributed by atoms with Gasteiger partial charge in [-0.05, 0) is 62.8 Å². The minimum absolute atomic E-state index is 0.0450. The van der Waals surface area contributed by atoms with Gasteiger partial charge >= 0.3 is 5.97 Å². The van der Waals surface area contributed by atoms with Gasteiger partial charge in [0, 0.05) is 13.1 Å². The van der Waals surface area contributed by atoms with E-state index in [4.69, 9.17) is 16.3 Å². The Kier molecular flexibility index (Phi) is 6.05. The van der Waals surface area contributed by atoms with Gasteiger partial charge in [0.1, 0.15) is 5.82 Å². The highest BCUT2D eigenvalue weighted by Crippen LogP contribution is 2.44. The molecule has 0 spiro atoms. The summed E-state index contributed by atoms with van der Waals surface area (Å²) >= 11 is 6.47. The molecule has 0 unspecified atom stereocenters. The molecule has 35 heavy (non-hydrogen) atoms. The smallest absolute Gasteiger partial charge is 0.314 e. The Morgan fingerprint density at radius 1 is 1.26 bits per heavy atom. The molecule has 2 heterocycles. The SMILES string of the molecule is CCOC(=O)[C@]1(C)CCN(c2nn(C(=O)c3c(Cl)cccc3C3CC3)c3cccc(F)c23)C[C@@H]1O. The number of nitrogens with zero attached hydrogens (tertiary/aromatic N) is 3. The van der Waals surface area contributed by atoms with Crippen LogP contribution >= 0.6 is 11.6 Å². The number of β-amino-alcohol motifs (C(OH)–C–C–N with tert-alkyl or cyclic N) is 1. The van der Waals surface area contributed by atoms with E-state index >= 15 is 4.39 Å². The highest BCUT2D eigenvalue weighted by molar-refractivity contribution is 6.34. The lowest BCUT2D eigenvalue weighted by molar-refractivity contribution is -0.162. The van der Waals surface area contributed by atoms with Crippen molar-refractivity contribution in [3.63, 3.8) is 0 Å². The predicted molar refractivity (Wildman–Crippen MR) is 130 cm³/mol. The summed E-state index contributed by atoms with van der Waals surface area (Å²) in [5.74, 6) is -0.880. The molecule has 1 aliphatic carbocycles. The summed E-state index contributed by atoms with van der Waals surface area (Å²) in [5.41, 5.74) is 0.503. The van der Waals surface area contributed by atoms with Crippen LogP contribution in [0.25, 0.3) is 10.9 Å². The highest BCUT2D eigenvalue weighted by atomic mass is 35.5. The average Bonchev–Trinajstić information content (AvgIpc) is 3.60. The van der Waals surface area contributed by atoms with Crippen molar-refractivity contribution < 1.29 is 23.8 Å². The maximum absolute atomic E-state index is 15.1. The molecule has 0 bridgehead atoms. The first-order valence-corrected chi connectivity index (χ1v) is 12.2. The minimum atomic E-state index is -1.07. The number of aromatic nitrogens is 2. The fourth-order valence-electron chi connectivity index (χ4n) is 4.85. The number of rotatable bonds is 5. The van der Waals surface area contributed by atoms with E-state index in [1.807, 2.05) is 12.1 Å². The van der Waals surface area contributed by atoms with Crippen molar-refractivity contribution >= 4 is 40.2 Å². The summed E-state index contributed by atoms with van der Waals surface area (Å²) in [6, 6.07) is 9.89. The molecule has 5 rings (SSSR count). The topological polar surface area (TPSA) is 84.7 Å². The molecule has 0 radical (unpaired) electrons. The summed E-state index contributed by atoms with van der Waals surface area (Å²) in [6.45, 7) is 3.99. The lowest BCUT2D eigenvalue weighted by atomic mass is 9.78. The third kappa shape index (κ3) is 3.98. The Hall–Kier alpha value is -2.97. The Labute approximate surface area is 207 Å². The second kappa shape index (κ2) is 8.91. The molecular formula is C26H27ClFN3O4. The largest absolute Gasteiger partial charge is 0.465 e. The number of anilines is 1. The number of hydrogen-bond acceptors (Lipinski definition) is 6. The van der Waals surface area contributed by atoms with Gasteiger partial charge in [-0.3, -0.25) is 9.59 Å². The third-order valence-corrected chi connectivity index (χ3v) is 7.49. The first-order chi connectivity index (χ1) is 16.8. The van der Waals surface area contributed by atoms with Crippen LogP contribution in [0.5, 0.6) is 0 Å². The number of halogens is 2. The van der Waals surface area contributed by atoms with Crippen LogP contribution in [0.15, 0.2) is 36.4 Å². The summed E-state index contributed by atoms with van der Waals surface area (Å²) in [7, 11) is 0. The molecule has 7 nitrogen and oxygen atoms in total. The number of aliphatic hydroxyl groups excluding tert-OH is 1. The molecule has 3 aromatic rings. The molecule has 2 fully saturated rings. The lowest BCUT2D eigenvalue weighted by Crippen LogP contribution is -2.54. The number of ether oxygens (including phenoxy) is 1. The molecule has 1 aliphatic heterocycles. The molecule has 184 valence electrons. The number of esters is 1. The van der Waals surface area contributed by atoms with Gasteiger partial charge in [0.2, 0.25) is 0 Å². The van der Waals surface area contributed by atoms with Crippen molar-refractivity contribution in [3.8, 4) is 0 Å². The second-order valence-corrected chi connectivity index (χ2v) is 9.91. The summed E-state index contributed by atoms with van der Waals surface area (Å²) in [5, 5.41) is 15.9. The van der Waals surface area contributed by atoms with E-state index in [0.717, 1.165) is 18.4 Å². The van der Waals surface area contributed by atoms with Crippen LogP contribution in [0.4, 0.5) is 10.2 Å². The van der Waals surface area contributed by atoms with Crippen molar-refractivity contribution in [1.29, 1.82) is 0 Å². The van der Waals surface area contributed by atoms with Crippen molar-refractivity contribution in [3.05, 3.63) is 58.4 Å². The number of carbonyl (C=O) groups is 2. The van der Waals surface area contributed by atoms with Crippen LogP contribution in [0.3, 0.4) is 0 Å². The quantitative estimate of drug-likeness (QED) is 0.519. The van der Waals surface area contributed by atoms with Gasteiger partial charge < -0.3 is 14.7 Å². The van der Waals surface area contributed by atoms with Gasteiger partial charge in [0.05, 0.1) is 39.6 Å². The lowest BCUT2D eigenvalue weighted by Gasteiger charge is -2.41. The third-order valence-electron chi connectivity index (χ3n) is 7.18. The second-order valence-electron chi connectivity index (χ2n) is 9.50. The fourth-order valence-corrected chi connectivity index (χ4v) is 5.12. The molecule has 2 atom stereocenters. The van der Waals surface area contributed by atoms with Gasteiger partial charge in [-0.15, -0.1) is 5.10 Å². The van der Waals surface area contributed by atoms with Gasteiger partial charge in [0.15, 0.2) is 5.82 Å². The van der Waals surface area contributed by atoms with E-state index in [2.05, 4.69) is 5.10 Å². The number of benzene rings is 2. The summed E-state index contributed by atoms with van der Waals surface area (Å²) in [4.78, 5) is 27.9. The zero-order valence-corrected chi connectivity index (χ0v) is 20.4. The zero-order valence-electron chi connectivity index (χ0n) is 19.6. The van der Waals surface area contributed by atoms with E-state index < -0.39 is 29.2 Å². The van der Waals surface area contributed by atoms with Crippen molar-refractivity contribution in [2.75, 3.05) is 24.6 Å². The van der Waals surface area contributed by atoms with Crippen molar-refractivity contribution in [1.82, 2.24) is 9.78 Å². The number of carbonyl (C=O) groups excluding carboxylic acids is 2. The molecule has 2 aromatic carbocycles. The van der Waals surface area contributed by atoms with Crippen molar-refractivity contribution in [2.45, 2.75) is 45.1 Å². The van der Waals surface area contributed by atoms with E-state index in [1.54, 1.807) is 30.9 Å². The van der Waals surface area contributed by atoms with Gasteiger partial charge in [-0.1, -0.05) is 29.8 Å². The first kappa shape index (κ1) is 23.8. The summed E-state index contributed by atoms with van der Waals surface area (Å²) < 4.78 is 21.5. The summed E-state index contributed by atoms with van der Waals surface area (Å²) in [6.07, 6.45) is 1.22. The van der Waals surface area contributed by atoms with Crippen molar-refractivity contribution in [2.24, 2.45) is 5.41 Å². The van der Waals surface area contributed by atoms with Crippen LogP contribution < -0.4 is 4.90 Å². The maximum atomic E-state index is 15.1. The minimum Gasteiger partial charge on any atom is -0.465 e. The predicted octanol–water partition coefficient (Wildman–Crippen LogP) is 4.54. The van der Waals surface area contributed by atoms with E-state index in [-0.39, 0.29) is 30.3 Å². The molecule has 1 saturated carbocycles. The Balaban J connectivity index is 1.55. The van der Waals surface area contributed by atoms with E-state index in [1.165, 1.54) is 16.8 Å². The van der Waals surface area contributed by atoms with Crippen LogP contribution in [-0.4, -0.2) is 52.6 Å². The Morgan fingerprint density at radius 2 is 2.00 bits per heavy atom. The van der Waals surface area contributed by atoms with Gasteiger partial charge in [0.25, 0.3) is 5.91 Å². The fraction of sp³-hybridized carbons (Fsp3) is 0.423. The number of fused-ring (bicyclic) bond motifs is 1. The van der Waals surface area contributed by atoms with E-state index in [0.29, 0.717) is 29.1 Å². The Morgan fingerprint density at radius 3 is 2.69 bits per heavy atom. The van der Waals surface area contributed by atoms with Gasteiger partial charge in [-0.25, -0.2) is 4.39 Å². The molecular weight excluding hydrogens is 473 g/mol. The van der Waals surface area contributed by atoms with Crippen LogP contribution in [0.2, 0.25) is 5.02 Å². The van der Waals surface area contributed by atoms with Crippen LogP contribution in [0.1, 0.15) is 54.9 Å². The molecule has 1 N–H and O–H groups in total. The maximum Gasteiger partial charge on any atom is 0.314 e. The standard InChI is InChI=1S/C26H27ClFN3O4/c1-3-35-25(34)26(2)12-13-30(14-20(26)32)23-22-18(28)8-5-9-19(22)31(29-23)24(33)21-16(15-10-11-15)6-4-7-17(21)27/h4-9,15,20,32H,3,10-14H2,1-2H3/t20-,26+/m0/s1. The normalized spacial score (nSPS) is 22.4. The Bertz CT molecular complexity index is 1320. The van der Waals surface area contributed by atoms with Gasteiger partial charge in [-0.2, -0.15) is 4.68 Å². The number of aliphatic hydroxyl groups is 1. The monoisotopic (exact) mass is 499 g/mol. The molecule has 1 saturated heterocycles.